The number of carboxylic acids is 1. The Morgan fingerprint density at radius 2 is 1.71 bits per heavy atom. The SMILES string of the molecule is Cc1ccc(Cl)cc1N1CCN(C(=O)c2nc3ccccc3c(=O)[nH]2)CC1.O=C(O)C(F)(F)F. The number of anilines is 1. The molecule has 1 aliphatic heterocycles. The van der Waals surface area contributed by atoms with Crippen molar-refractivity contribution in [3.8, 4) is 0 Å². The maximum atomic E-state index is 12.8. The molecule has 0 unspecified atom stereocenters. The fraction of sp³-hybridized carbons (Fsp3) is 0.273. The highest BCUT2D eigenvalue weighted by atomic mass is 35.5. The molecular weight excluding hydrogens is 477 g/mol. The number of nitrogens with one attached hydrogen (secondary N) is 1. The Balaban J connectivity index is 0.000000406. The first kappa shape index (κ1) is 25.0. The number of carbonyl (C=O) groups is 2. The molecule has 12 heteroatoms. The summed E-state index contributed by atoms with van der Waals surface area (Å²) >= 11 is 6.12. The van der Waals surface area contributed by atoms with Gasteiger partial charge in [-0.15, -0.1) is 0 Å². The Kier molecular flexibility index (Phi) is 7.45. The highest BCUT2D eigenvalue weighted by molar-refractivity contribution is 6.30. The number of carbonyl (C=O) groups excluding carboxylic acids is 1. The molecule has 0 atom stereocenters. The van der Waals surface area contributed by atoms with Crippen LogP contribution in [0.1, 0.15) is 16.2 Å². The quantitative estimate of drug-likeness (QED) is 0.562. The number of para-hydroxylation sites is 1. The lowest BCUT2D eigenvalue weighted by atomic mass is 10.1. The van der Waals surface area contributed by atoms with Crippen molar-refractivity contribution >= 4 is 40.1 Å². The summed E-state index contributed by atoms with van der Waals surface area (Å²) in [6.07, 6.45) is -5.08. The van der Waals surface area contributed by atoms with E-state index in [4.69, 9.17) is 21.5 Å². The van der Waals surface area contributed by atoms with Gasteiger partial charge in [-0.3, -0.25) is 9.59 Å². The maximum Gasteiger partial charge on any atom is 0.490 e. The van der Waals surface area contributed by atoms with Crippen LogP contribution in [0.25, 0.3) is 10.9 Å². The number of aromatic amines is 1. The Hall–Kier alpha value is -3.60. The number of amides is 1. The third-order valence-corrected chi connectivity index (χ3v) is 5.37. The maximum absolute atomic E-state index is 12.8. The fourth-order valence-electron chi connectivity index (χ4n) is 3.41. The van der Waals surface area contributed by atoms with Gasteiger partial charge in [-0.1, -0.05) is 29.8 Å². The molecule has 1 fully saturated rings. The first-order valence-electron chi connectivity index (χ1n) is 10.1. The molecule has 1 aromatic heterocycles. The molecule has 1 saturated heterocycles. The van der Waals surface area contributed by atoms with Crippen LogP contribution in [0.15, 0.2) is 47.3 Å². The van der Waals surface area contributed by atoms with Gasteiger partial charge in [0.15, 0.2) is 5.82 Å². The first-order chi connectivity index (χ1) is 16.0. The molecule has 0 radical (unpaired) electrons. The van der Waals surface area contributed by atoms with Crippen molar-refractivity contribution in [2.45, 2.75) is 13.1 Å². The minimum atomic E-state index is -5.08. The van der Waals surface area contributed by atoms with E-state index in [0.29, 0.717) is 42.1 Å². The fourth-order valence-corrected chi connectivity index (χ4v) is 3.58. The zero-order valence-corrected chi connectivity index (χ0v) is 18.7. The summed E-state index contributed by atoms with van der Waals surface area (Å²) in [6.45, 7) is 4.56. The van der Waals surface area contributed by atoms with E-state index in [0.717, 1.165) is 11.3 Å². The van der Waals surface area contributed by atoms with Gasteiger partial charge >= 0.3 is 12.1 Å². The predicted octanol–water partition coefficient (Wildman–Crippen LogP) is 3.48. The number of hydrogen-bond donors (Lipinski definition) is 2. The van der Waals surface area contributed by atoms with Crippen molar-refractivity contribution in [1.29, 1.82) is 0 Å². The van der Waals surface area contributed by atoms with Crippen molar-refractivity contribution in [3.63, 3.8) is 0 Å². The number of piperazine rings is 1. The number of benzene rings is 2. The Labute approximate surface area is 196 Å². The number of aliphatic carboxylic acids is 1. The lowest BCUT2D eigenvalue weighted by molar-refractivity contribution is -0.192. The summed E-state index contributed by atoms with van der Waals surface area (Å²) in [5.74, 6) is -2.92. The van der Waals surface area contributed by atoms with E-state index in [1.807, 2.05) is 25.1 Å². The number of aromatic nitrogens is 2. The van der Waals surface area contributed by atoms with Gasteiger partial charge in [-0.05, 0) is 36.8 Å². The number of nitrogens with zero attached hydrogens (tertiary/aromatic N) is 3. The van der Waals surface area contributed by atoms with Crippen molar-refractivity contribution in [3.05, 3.63) is 69.2 Å². The number of alkyl halides is 3. The average Bonchev–Trinajstić information content (AvgIpc) is 2.80. The van der Waals surface area contributed by atoms with Gasteiger partial charge in [0.2, 0.25) is 0 Å². The number of rotatable bonds is 2. The standard InChI is InChI=1S/C20H19ClN4O2.C2HF3O2/c1-13-6-7-14(21)12-17(13)24-8-10-25(11-9-24)20(27)18-22-16-5-3-2-4-15(16)19(26)23-18;3-2(4,5)1(6)7/h2-7,12H,8-11H2,1H3,(H,22,23,26);(H,6,7). The molecule has 1 aliphatic rings. The monoisotopic (exact) mass is 496 g/mol. The number of halogens is 4. The molecule has 8 nitrogen and oxygen atoms in total. The smallest absolute Gasteiger partial charge is 0.475 e. The highest BCUT2D eigenvalue weighted by Gasteiger charge is 2.38. The van der Waals surface area contributed by atoms with Crippen LogP contribution < -0.4 is 10.5 Å². The van der Waals surface area contributed by atoms with Crippen LogP contribution in [-0.4, -0.2) is 64.2 Å². The van der Waals surface area contributed by atoms with E-state index in [1.165, 1.54) is 0 Å². The average molecular weight is 497 g/mol. The molecule has 1 amide bonds. The first-order valence-corrected chi connectivity index (χ1v) is 10.4. The number of carboxylic acid groups (broad SMARTS) is 1. The van der Waals surface area contributed by atoms with Gasteiger partial charge in [0, 0.05) is 36.9 Å². The molecule has 0 aliphatic carbocycles. The second-order valence-electron chi connectivity index (χ2n) is 7.44. The van der Waals surface area contributed by atoms with Crippen LogP contribution in [-0.2, 0) is 4.79 Å². The Bertz CT molecular complexity index is 1270. The Morgan fingerprint density at radius 1 is 1.09 bits per heavy atom. The molecule has 0 bridgehead atoms. The van der Waals surface area contributed by atoms with E-state index >= 15 is 0 Å². The third-order valence-electron chi connectivity index (χ3n) is 5.14. The van der Waals surface area contributed by atoms with Crippen molar-refractivity contribution in [1.82, 2.24) is 14.9 Å². The van der Waals surface area contributed by atoms with Crippen LogP contribution in [0.2, 0.25) is 5.02 Å². The number of aryl methyl sites for hydroxylation is 1. The van der Waals surface area contributed by atoms with E-state index in [1.54, 1.807) is 29.2 Å². The van der Waals surface area contributed by atoms with Gasteiger partial charge in [0.25, 0.3) is 11.5 Å². The van der Waals surface area contributed by atoms with Crippen molar-refractivity contribution in [2.75, 3.05) is 31.1 Å². The van der Waals surface area contributed by atoms with Crippen LogP contribution in [0, 0.1) is 6.92 Å². The normalized spacial score (nSPS) is 13.9. The summed E-state index contributed by atoms with van der Waals surface area (Å²) in [4.78, 5) is 44.8. The second kappa shape index (κ2) is 10.1. The summed E-state index contributed by atoms with van der Waals surface area (Å²) in [7, 11) is 0. The molecular formula is C22H20ClF3N4O4. The van der Waals surface area contributed by atoms with Gasteiger partial charge in [-0.2, -0.15) is 13.2 Å². The van der Waals surface area contributed by atoms with E-state index in [-0.39, 0.29) is 17.3 Å². The molecule has 3 aromatic rings. The van der Waals surface area contributed by atoms with E-state index < -0.39 is 12.1 Å². The van der Waals surface area contributed by atoms with Crippen molar-refractivity contribution in [2.24, 2.45) is 0 Å². The van der Waals surface area contributed by atoms with Crippen LogP contribution >= 0.6 is 11.6 Å². The molecule has 180 valence electrons. The zero-order chi connectivity index (χ0) is 25.0. The number of fused-ring (bicyclic) bond motifs is 1. The highest BCUT2D eigenvalue weighted by Crippen LogP contribution is 2.25. The lowest BCUT2D eigenvalue weighted by Crippen LogP contribution is -2.49. The lowest BCUT2D eigenvalue weighted by Gasteiger charge is -2.36. The molecule has 2 aromatic carbocycles. The number of hydrogen-bond acceptors (Lipinski definition) is 5. The number of H-pyrrole nitrogens is 1. The van der Waals surface area contributed by atoms with E-state index in [2.05, 4.69) is 14.9 Å². The zero-order valence-electron chi connectivity index (χ0n) is 17.9. The second-order valence-corrected chi connectivity index (χ2v) is 7.88. The topological polar surface area (TPSA) is 107 Å². The van der Waals surface area contributed by atoms with Crippen molar-refractivity contribution < 1.29 is 27.9 Å². The summed E-state index contributed by atoms with van der Waals surface area (Å²) in [6, 6.07) is 12.8. The largest absolute Gasteiger partial charge is 0.490 e. The van der Waals surface area contributed by atoms with Crippen LogP contribution in [0.3, 0.4) is 0 Å². The summed E-state index contributed by atoms with van der Waals surface area (Å²) < 4.78 is 31.7. The summed E-state index contributed by atoms with van der Waals surface area (Å²) in [5.41, 5.74) is 2.47. The molecule has 2 heterocycles. The van der Waals surface area contributed by atoms with Gasteiger partial charge in [0.1, 0.15) is 0 Å². The van der Waals surface area contributed by atoms with Gasteiger partial charge in [0.05, 0.1) is 10.9 Å². The minimum Gasteiger partial charge on any atom is -0.475 e. The van der Waals surface area contributed by atoms with Crippen LogP contribution in [0.4, 0.5) is 18.9 Å². The van der Waals surface area contributed by atoms with Gasteiger partial charge in [-0.25, -0.2) is 9.78 Å². The molecule has 0 saturated carbocycles. The molecule has 4 rings (SSSR count). The molecule has 2 N–H and O–H groups in total. The predicted molar refractivity (Wildman–Crippen MR) is 120 cm³/mol. The third kappa shape index (κ3) is 5.84. The van der Waals surface area contributed by atoms with Gasteiger partial charge < -0.3 is 19.9 Å². The van der Waals surface area contributed by atoms with E-state index in [9.17, 15) is 22.8 Å². The molecule has 0 spiro atoms. The molecule has 34 heavy (non-hydrogen) atoms. The summed E-state index contributed by atoms with van der Waals surface area (Å²) in [5, 5.41) is 8.31. The van der Waals surface area contributed by atoms with Crippen LogP contribution in [0.5, 0.6) is 0 Å². The minimum absolute atomic E-state index is 0.0890. The Morgan fingerprint density at radius 3 is 2.32 bits per heavy atom.